The molecule has 2 heteroatoms. The highest BCUT2D eigenvalue weighted by Crippen LogP contribution is 2.63. The SMILES string of the molecule is C=C1CC[C@H]2C(CC(=O)OCC)[C@H]2[C@H]2CCC[C@@H]12. The Labute approximate surface area is 110 Å². The molecule has 0 spiro atoms. The first-order chi connectivity index (χ1) is 8.72. The number of carbonyl (C=O) groups excluding carboxylic acids is 1. The van der Waals surface area contributed by atoms with Gasteiger partial charge in [-0.05, 0) is 62.2 Å². The highest BCUT2D eigenvalue weighted by Gasteiger charge is 2.57. The number of allylic oxidation sites excluding steroid dienone is 1. The number of hydrogen-bond donors (Lipinski definition) is 0. The second kappa shape index (κ2) is 4.71. The van der Waals surface area contributed by atoms with Crippen LogP contribution < -0.4 is 0 Å². The van der Waals surface area contributed by atoms with Crippen molar-refractivity contribution in [3.63, 3.8) is 0 Å². The molecule has 2 nitrogen and oxygen atoms in total. The first-order valence-electron chi connectivity index (χ1n) is 7.55. The van der Waals surface area contributed by atoms with E-state index in [-0.39, 0.29) is 5.97 Å². The Kier molecular flexibility index (Phi) is 3.21. The highest BCUT2D eigenvalue weighted by atomic mass is 16.5. The molecule has 3 aliphatic rings. The summed E-state index contributed by atoms with van der Waals surface area (Å²) >= 11 is 0. The molecule has 0 heterocycles. The smallest absolute Gasteiger partial charge is 0.306 e. The van der Waals surface area contributed by atoms with Gasteiger partial charge in [-0.3, -0.25) is 4.79 Å². The fraction of sp³-hybridized carbons (Fsp3) is 0.812. The number of rotatable bonds is 3. The zero-order chi connectivity index (χ0) is 12.7. The lowest BCUT2D eigenvalue weighted by Crippen LogP contribution is -2.14. The lowest BCUT2D eigenvalue weighted by molar-refractivity contribution is -0.143. The molecule has 0 aliphatic heterocycles. The van der Waals surface area contributed by atoms with Crippen molar-refractivity contribution in [1.82, 2.24) is 0 Å². The maximum Gasteiger partial charge on any atom is 0.306 e. The van der Waals surface area contributed by atoms with Crippen LogP contribution in [0.4, 0.5) is 0 Å². The molecule has 0 aromatic rings. The van der Waals surface area contributed by atoms with Crippen LogP contribution in [0.5, 0.6) is 0 Å². The van der Waals surface area contributed by atoms with Crippen molar-refractivity contribution in [3.8, 4) is 0 Å². The van der Waals surface area contributed by atoms with Gasteiger partial charge in [0.25, 0.3) is 0 Å². The van der Waals surface area contributed by atoms with Gasteiger partial charge in [0.2, 0.25) is 0 Å². The van der Waals surface area contributed by atoms with Gasteiger partial charge in [-0.2, -0.15) is 0 Å². The molecule has 0 aromatic carbocycles. The van der Waals surface area contributed by atoms with Gasteiger partial charge in [0.15, 0.2) is 0 Å². The Morgan fingerprint density at radius 3 is 2.94 bits per heavy atom. The highest BCUT2D eigenvalue weighted by molar-refractivity contribution is 5.70. The van der Waals surface area contributed by atoms with E-state index in [0.717, 1.165) is 23.7 Å². The van der Waals surface area contributed by atoms with Gasteiger partial charge in [-0.1, -0.05) is 18.6 Å². The summed E-state index contributed by atoms with van der Waals surface area (Å²) in [6.07, 6.45) is 7.20. The summed E-state index contributed by atoms with van der Waals surface area (Å²) in [5.41, 5.74) is 1.50. The normalized spacial score (nSPS) is 41.8. The molecule has 0 bridgehead atoms. The third-order valence-electron chi connectivity index (χ3n) is 5.49. The third-order valence-corrected chi connectivity index (χ3v) is 5.49. The van der Waals surface area contributed by atoms with Crippen LogP contribution in [0.2, 0.25) is 0 Å². The first-order valence-corrected chi connectivity index (χ1v) is 7.55. The Balaban J connectivity index is 1.65. The van der Waals surface area contributed by atoms with Crippen LogP contribution in [0, 0.1) is 29.6 Å². The van der Waals surface area contributed by atoms with Crippen LogP contribution in [-0.4, -0.2) is 12.6 Å². The summed E-state index contributed by atoms with van der Waals surface area (Å²) in [5, 5.41) is 0. The molecular formula is C16H24O2. The molecular weight excluding hydrogens is 224 g/mol. The van der Waals surface area contributed by atoms with Gasteiger partial charge in [0.05, 0.1) is 6.61 Å². The second-order valence-corrected chi connectivity index (χ2v) is 6.31. The molecule has 100 valence electrons. The standard InChI is InChI=1S/C16H24O2/c1-3-18-15(17)9-14-13-8-7-10(2)11-5-4-6-12(11)16(13)14/h11-14,16H,2-9H2,1H3/t11-,12-,13-,14?,16-/m0/s1. The van der Waals surface area contributed by atoms with Gasteiger partial charge in [0.1, 0.15) is 0 Å². The van der Waals surface area contributed by atoms with E-state index in [2.05, 4.69) is 6.58 Å². The molecule has 1 unspecified atom stereocenters. The minimum Gasteiger partial charge on any atom is -0.466 e. The summed E-state index contributed by atoms with van der Waals surface area (Å²) < 4.78 is 5.11. The van der Waals surface area contributed by atoms with Crippen molar-refractivity contribution in [2.75, 3.05) is 6.61 Å². The summed E-state index contributed by atoms with van der Waals surface area (Å²) in [7, 11) is 0. The first kappa shape index (κ1) is 12.3. The third kappa shape index (κ3) is 2.00. The maximum atomic E-state index is 11.6. The van der Waals surface area contributed by atoms with E-state index < -0.39 is 0 Å². The van der Waals surface area contributed by atoms with E-state index in [0.29, 0.717) is 18.9 Å². The number of ether oxygens (including phenoxy) is 1. The van der Waals surface area contributed by atoms with Crippen molar-refractivity contribution in [2.24, 2.45) is 29.6 Å². The number of fused-ring (bicyclic) bond motifs is 3. The summed E-state index contributed by atoms with van der Waals surface area (Å²) in [6.45, 7) is 6.70. The predicted molar refractivity (Wildman–Crippen MR) is 70.9 cm³/mol. The minimum atomic E-state index is 0.0175. The van der Waals surface area contributed by atoms with Crippen LogP contribution in [0.3, 0.4) is 0 Å². The number of carbonyl (C=O) groups is 1. The zero-order valence-corrected chi connectivity index (χ0v) is 11.4. The van der Waals surface area contributed by atoms with E-state index in [9.17, 15) is 4.79 Å². The van der Waals surface area contributed by atoms with Gasteiger partial charge in [-0.15, -0.1) is 0 Å². The molecule has 3 saturated carbocycles. The molecule has 0 amide bonds. The Morgan fingerprint density at radius 1 is 1.33 bits per heavy atom. The van der Waals surface area contributed by atoms with Crippen molar-refractivity contribution < 1.29 is 9.53 Å². The van der Waals surface area contributed by atoms with E-state index in [1.165, 1.54) is 37.7 Å². The Morgan fingerprint density at radius 2 is 2.17 bits per heavy atom. The minimum absolute atomic E-state index is 0.0175. The number of esters is 1. The zero-order valence-electron chi connectivity index (χ0n) is 11.4. The van der Waals surface area contributed by atoms with E-state index in [4.69, 9.17) is 4.74 Å². The van der Waals surface area contributed by atoms with Crippen LogP contribution in [0.25, 0.3) is 0 Å². The van der Waals surface area contributed by atoms with Crippen LogP contribution in [0.15, 0.2) is 12.2 Å². The lowest BCUT2D eigenvalue weighted by Gasteiger charge is -2.20. The van der Waals surface area contributed by atoms with E-state index in [1.54, 1.807) is 0 Å². The lowest BCUT2D eigenvalue weighted by atomic mass is 9.85. The van der Waals surface area contributed by atoms with Crippen molar-refractivity contribution in [1.29, 1.82) is 0 Å². The largest absolute Gasteiger partial charge is 0.466 e. The fourth-order valence-corrected chi connectivity index (χ4v) is 4.71. The predicted octanol–water partition coefficient (Wildman–Crippen LogP) is 3.57. The summed E-state index contributed by atoms with van der Waals surface area (Å²) in [4.78, 5) is 11.6. The van der Waals surface area contributed by atoms with Crippen molar-refractivity contribution in [3.05, 3.63) is 12.2 Å². The molecule has 5 atom stereocenters. The summed E-state index contributed by atoms with van der Waals surface area (Å²) in [6, 6.07) is 0. The molecule has 0 saturated heterocycles. The summed E-state index contributed by atoms with van der Waals surface area (Å²) in [5.74, 6) is 3.85. The number of hydrogen-bond acceptors (Lipinski definition) is 2. The van der Waals surface area contributed by atoms with Gasteiger partial charge in [0, 0.05) is 6.42 Å². The molecule has 3 fully saturated rings. The molecule has 3 aliphatic carbocycles. The van der Waals surface area contributed by atoms with Crippen molar-refractivity contribution in [2.45, 2.75) is 45.4 Å². The molecule has 18 heavy (non-hydrogen) atoms. The Hall–Kier alpha value is -0.790. The average Bonchev–Trinajstić information content (AvgIpc) is 2.83. The molecule has 3 rings (SSSR count). The van der Waals surface area contributed by atoms with Crippen LogP contribution in [-0.2, 0) is 9.53 Å². The topological polar surface area (TPSA) is 26.3 Å². The van der Waals surface area contributed by atoms with E-state index in [1.807, 2.05) is 6.92 Å². The van der Waals surface area contributed by atoms with Gasteiger partial charge < -0.3 is 4.74 Å². The van der Waals surface area contributed by atoms with E-state index >= 15 is 0 Å². The fourth-order valence-electron chi connectivity index (χ4n) is 4.71. The van der Waals surface area contributed by atoms with Gasteiger partial charge >= 0.3 is 5.97 Å². The molecule has 0 N–H and O–H groups in total. The molecule has 0 aromatic heterocycles. The van der Waals surface area contributed by atoms with Crippen LogP contribution >= 0.6 is 0 Å². The quantitative estimate of drug-likeness (QED) is 0.564. The average molecular weight is 248 g/mol. The van der Waals surface area contributed by atoms with Crippen LogP contribution in [0.1, 0.15) is 45.4 Å². The van der Waals surface area contributed by atoms with Crippen molar-refractivity contribution >= 4 is 5.97 Å². The molecule has 0 radical (unpaired) electrons. The maximum absolute atomic E-state index is 11.6. The second-order valence-electron chi connectivity index (χ2n) is 6.31. The van der Waals surface area contributed by atoms with Gasteiger partial charge in [-0.25, -0.2) is 0 Å². The Bertz CT molecular complexity index is 360. The monoisotopic (exact) mass is 248 g/mol.